The molecule has 5 N–H and O–H groups in total. The summed E-state index contributed by atoms with van der Waals surface area (Å²) in [7, 11) is 0. The first-order valence-corrected chi connectivity index (χ1v) is 7.05. The van der Waals surface area contributed by atoms with Crippen molar-refractivity contribution in [3.05, 3.63) is 47.0 Å². The molecule has 0 spiro atoms. The van der Waals surface area contributed by atoms with E-state index in [1.807, 2.05) is 6.92 Å². The van der Waals surface area contributed by atoms with Crippen LogP contribution in [-0.4, -0.2) is 31.6 Å². The fourth-order valence-corrected chi connectivity index (χ4v) is 3.20. The van der Waals surface area contributed by atoms with Crippen LogP contribution in [-0.2, 0) is 18.3 Å². The number of aliphatic hydroxyl groups is 1. The monoisotopic (exact) mass is 302 g/mol. The molecular formula is C17H18O5. The van der Waals surface area contributed by atoms with Gasteiger partial charge >= 0.3 is 0 Å². The second-order valence-electron chi connectivity index (χ2n) is 6.12. The minimum atomic E-state index is -0.764. The van der Waals surface area contributed by atoms with Crippen LogP contribution in [0, 0.1) is 0 Å². The van der Waals surface area contributed by atoms with E-state index in [0.717, 1.165) is 5.56 Å². The molecule has 2 aromatic rings. The Hall–Kier alpha value is -2.40. The van der Waals surface area contributed by atoms with Crippen molar-refractivity contribution in [2.45, 2.75) is 31.3 Å². The summed E-state index contributed by atoms with van der Waals surface area (Å²) < 4.78 is 0. The molecule has 1 aliphatic rings. The molecule has 0 amide bonds. The number of aliphatic hydroxyl groups excluding tert-OH is 1. The average Bonchev–Trinajstić information content (AvgIpc) is 2.44. The highest BCUT2D eigenvalue weighted by Crippen LogP contribution is 2.44. The Morgan fingerprint density at radius 3 is 2.36 bits per heavy atom. The average molecular weight is 302 g/mol. The van der Waals surface area contributed by atoms with Crippen molar-refractivity contribution in [2.75, 3.05) is 0 Å². The molecular weight excluding hydrogens is 284 g/mol. The minimum Gasteiger partial charge on any atom is -0.508 e. The van der Waals surface area contributed by atoms with Crippen molar-refractivity contribution >= 4 is 0 Å². The van der Waals surface area contributed by atoms with E-state index in [1.54, 1.807) is 12.1 Å². The number of phenolic OH excluding ortho intramolecular Hbond substituents is 4. The van der Waals surface area contributed by atoms with E-state index < -0.39 is 11.5 Å². The molecule has 0 fully saturated rings. The molecule has 5 nitrogen and oxygen atoms in total. The SMILES string of the molecule is CC1(c2ccc(O)c(O)c2)Cc2cc(O)cc(O)c2CC1O. The summed E-state index contributed by atoms with van der Waals surface area (Å²) in [6, 6.07) is 7.33. The highest BCUT2D eigenvalue weighted by molar-refractivity contribution is 5.51. The van der Waals surface area contributed by atoms with Gasteiger partial charge in [0.05, 0.1) is 6.10 Å². The number of rotatable bonds is 1. The molecule has 2 unspecified atom stereocenters. The number of aromatic hydroxyl groups is 4. The summed E-state index contributed by atoms with van der Waals surface area (Å²) in [6.07, 6.45) is -0.116. The van der Waals surface area contributed by atoms with E-state index in [1.165, 1.54) is 18.2 Å². The topological polar surface area (TPSA) is 101 Å². The summed E-state index contributed by atoms with van der Waals surface area (Å²) in [4.78, 5) is 0. The van der Waals surface area contributed by atoms with Gasteiger partial charge in [0.15, 0.2) is 11.5 Å². The Morgan fingerprint density at radius 2 is 1.68 bits per heavy atom. The van der Waals surface area contributed by atoms with E-state index in [4.69, 9.17) is 0 Å². The highest BCUT2D eigenvalue weighted by Gasteiger charge is 2.40. The zero-order valence-electron chi connectivity index (χ0n) is 12.1. The van der Waals surface area contributed by atoms with Gasteiger partial charge in [-0.1, -0.05) is 13.0 Å². The molecule has 0 saturated carbocycles. The first-order chi connectivity index (χ1) is 10.3. The van der Waals surface area contributed by atoms with Gasteiger partial charge < -0.3 is 25.5 Å². The van der Waals surface area contributed by atoms with Gasteiger partial charge in [0, 0.05) is 17.9 Å². The first kappa shape index (κ1) is 14.5. The third-order valence-corrected chi connectivity index (χ3v) is 4.63. The normalized spacial score (nSPS) is 24.0. The van der Waals surface area contributed by atoms with Crippen molar-refractivity contribution in [3.8, 4) is 23.0 Å². The Bertz CT molecular complexity index is 740. The summed E-state index contributed by atoms with van der Waals surface area (Å²) in [6.45, 7) is 1.85. The van der Waals surface area contributed by atoms with Crippen LogP contribution in [0.3, 0.4) is 0 Å². The van der Waals surface area contributed by atoms with Gasteiger partial charge in [-0.25, -0.2) is 0 Å². The van der Waals surface area contributed by atoms with Gasteiger partial charge in [-0.2, -0.15) is 0 Å². The van der Waals surface area contributed by atoms with Gasteiger partial charge in [-0.15, -0.1) is 0 Å². The van der Waals surface area contributed by atoms with Gasteiger partial charge in [-0.05, 0) is 41.3 Å². The fourth-order valence-electron chi connectivity index (χ4n) is 3.20. The van der Waals surface area contributed by atoms with E-state index >= 15 is 0 Å². The summed E-state index contributed by atoms with van der Waals surface area (Å²) >= 11 is 0. The highest BCUT2D eigenvalue weighted by atomic mass is 16.3. The van der Waals surface area contributed by atoms with Crippen LogP contribution in [0.25, 0.3) is 0 Å². The number of hydrogen-bond acceptors (Lipinski definition) is 5. The minimum absolute atomic E-state index is 0.0235. The lowest BCUT2D eigenvalue weighted by Crippen LogP contribution is -2.43. The maximum absolute atomic E-state index is 10.6. The molecule has 5 heteroatoms. The van der Waals surface area contributed by atoms with Crippen LogP contribution in [0.5, 0.6) is 23.0 Å². The van der Waals surface area contributed by atoms with Crippen molar-refractivity contribution in [1.82, 2.24) is 0 Å². The second kappa shape index (κ2) is 4.81. The third kappa shape index (κ3) is 2.14. The Morgan fingerprint density at radius 1 is 0.955 bits per heavy atom. The van der Waals surface area contributed by atoms with Crippen LogP contribution in [0.2, 0.25) is 0 Å². The molecule has 1 aliphatic carbocycles. The molecule has 0 heterocycles. The third-order valence-electron chi connectivity index (χ3n) is 4.63. The quantitative estimate of drug-likeness (QED) is 0.518. The van der Waals surface area contributed by atoms with Crippen molar-refractivity contribution in [2.24, 2.45) is 0 Å². The summed E-state index contributed by atoms with van der Waals surface area (Å²) in [5.41, 5.74) is 1.38. The van der Waals surface area contributed by atoms with E-state index in [0.29, 0.717) is 17.5 Å². The molecule has 0 bridgehead atoms. The maximum Gasteiger partial charge on any atom is 0.157 e. The standard InChI is InChI=1S/C17H18O5/c1-17(10-2-3-13(19)15(21)5-10)8-9-4-11(18)6-14(20)12(9)7-16(17)22/h2-6,16,18-22H,7-8H2,1H3. The molecule has 0 saturated heterocycles. The largest absolute Gasteiger partial charge is 0.508 e. The van der Waals surface area contributed by atoms with Crippen LogP contribution in [0.1, 0.15) is 23.6 Å². The Kier molecular flexibility index (Phi) is 3.18. The lowest BCUT2D eigenvalue weighted by atomic mass is 9.66. The molecule has 3 rings (SSSR count). The van der Waals surface area contributed by atoms with Gasteiger partial charge in [-0.3, -0.25) is 0 Å². The molecule has 2 aromatic carbocycles. The van der Waals surface area contributed by atoms with Crippen LogP contribution in [0.4, 0.5) is 0 Å². The smallest absolute Gasteiger partial charge is 0.157 e. The lowest BCUT2D eigenvalue weighted by Gasteiger charge is -2.40. The Balaban J connectivity index is 2.09. The number of phenols is 4. The number of fused-ring (bicyclic) bond motifs is 1. The van der Waals surface area contributed by atoms with Crippen molar-refractivity contribution in [3.63, 3.8) is 0 Å². The molecule has 116 valence electrons. The number of hydrogen-bond donors (Lipinski definition) is 5. The molecule has 0 radical (unpaired) electrons. The second-order valence-corrected chi connectivity index (χ2v) is 6.12. The molecule has 22 heavy (non-hydrogen) atoms. The lowest BCUT2D eigenvalue weighted by molar-refractivity contribution is 0.0803. The summed E-state index contributed by atoms with van der Waals surface area (Å²) in [5, 5.41) is 49.3. The van der Waals surface area contributed by atoms with Gasteiger partial charge in [0.25, 0.3) is 0 Å². The molecule has 0 aliphatic heterocycles. The van der Waals surface area contributed by atoms with E-state index in [-0.39, 0.29) is 29.4 Å². The predicted molar refractivity (Wildman–Crippen MR) is 80.3 cm³/mol. The number of benzene rings is 2. The van der Waals surface area contributed by atoms with Crippen molar-refractivity contribution < 1.29 is 25.5 Å². The zero-order valence-corrected chi connectivity index (χ0v) is 12.1. The fraction of sp³-hybridized carbons (Fsp3) is 0.294. The van der Waals surface area contributed by atoms with E-state index in [9.17, 15) is 25.5 Å². The van der Waals surface area contributed by atoms with Crippen LogP contribution < -0.4 is 0 Å². The summed E-state index contributed by atoms with van der Waals surface area (Å²) in [5.74, 6) is -0.503. The maximum atomic E-state index is 10.6. The molecule has 2 atom stereocenters. The predicted octanol–water partition coefficient (Wildman–Crippen LogP) is 1.93. The zero-order chi connectivity index (χ0) is 16.1. The first-order valence-electron chi connectivity index (χ1n) is 7.05. The van der Waals surface area contributed by atoms with Crippen LogP contribution >= 0.6 is 0 Å². The van der Waals surface area contributed by atoms with E-state index in [2.05, 4.69) is 0 Å². The van der Waals surface area contributed by atoms with Crippen molar-refractivity contribution in [1.29, 1.82) is 0 Å². The molecule has 0 aromatic heterocycles. The van der Waals surface area contributed by atoms with Gasteiger partial charge in [0.1, 0.15) is 11.5 Å². The Labute approximate surface area is 127 Å². The van der Waals surface area contributed by atoms with Gasteiger partial charge in [0.2, 0.25) is 0 Å². The van der Waals surface area contributed by atoms with Crippen LogP contribution in [0.15, 0.2) is 30.3 Å².